The molecule has 0 bridgehead atoms. The van der Waals surface area contributed by atoms with E-state index in [9.17, 15) is 9.36 Å². The Balaban J connectivity index is 5.28. The fourth-order valence-electron chi connectivity index (χ4n) is 0.881. The molecule has 0 aliphatic heterocycles. The molecule has 0 aliphatic rings. The number of carbonyl (C=O) groups is 1. The molecule has 0 unspecified atom stereocenters. The Bertz CT molecular complexity index is 357. The first-order chi connectivity index (χ1) is 7.58. The van der Waals surface area contributed by atoms with E-state index in [0.717, 1.165) is 0 Å². The monoisotopic (exact) mass is 328 g/mol. The average Bonchev–Trinajstić information content (AvgIpc) is 2.22. The van der Waals surface area contributed by atoms with Crippen molar-refractivity contribution in [3.8, 4) is 0 Å². The molecule has 0 aromatic heterocycles. The van der Waals surface area contributed by atoms with Gasteiger partial charge in [0.25, 0.3) is 0 Å². The van der Waals surface area contributed by atoms with Crippen molar-refractivity contribution in [3.63, 3.8) is 0 Å². The standard InChI is InChI=1S/C10H18BrO5P/c1-7(2)8(17(13,14-5)15-6)16-9(12)10(3,4)11/h1-6H3. The predicted octanol–water partition coefficient (Wildman–Crippen LogP) is 3.44. The minimum Gasteiger partial charge on any atom is -0.417 e. The van der Waals surface area contributed by atoms with Crippen LogP contribution in [0.2, 0.25) is 0 Å². The van der Waals surface area contributed by atoms with Crippen LogP contribution in [-0.4, -0.2) is 24.5 Å². The summed E-state index contributed by atoms with van der Waals surface area (Å²) in [6.45, 7) is 6.58. The minimum atomic E-state index is -3.56. The molecule has 0 spiro atoms. The lowest BCUT2D eigenvalue weighted by molar-refractivity contribution is -0.140. The Kier molecular flexibility index (Phi) is 6.08. The van der Waals surface area contributed by atoms with Crippen molar-refractivity contribution >= 4 is 29.5 Å². The molecule has 0 saturated carbocycles. The lowest BCUT2D eigenvalue weighted by atomic mass is 10.2. The summed E-state index contributed by atoms with van der Waals surface area (Å²) in [5, 5.41) is 0. The molecular formula is C10H18BrO5P. The van der Waals surface area contributed by atoms with Crippen LogP contribution in [-0.2, 0) is 23.1 Å². The molecule has 0 heterocycles. The van der Waals surface area contributed by atoms with Gasteiger partial charge in [-0.15, -0.1) is 0 Å². The zero-order chi connectivity index (χ0) is 13.9. The van der Waals surface area contributed by atoms with Gasteiger partial charge in [0, 0.05) is 14.2 Å². The molecule has 0 aromatic carbocycles. The quantitative estimate of drug-likeness (QED) is 0.335. The van der Waals surface area contributed by atoms with Gasteiger partial charge >= 0.3 is 13.6 Å². The molecule has 0 aliphatic carbocycles. The maximum absolute atomic E-state index is 12.2. The zero-order valence-corrected chi connectivity index (χ0v) is 13.3. The first-order valence-corrected chi connectivity index (χ1v) is 7.22. The fourth-order valence-corrected chi connectivity index (χ4v) is 2.19. The van der Waals surface area contributed by atoms with Gasteiger partial charge in [-0.2, -0.15) is 0 Å². The van der Waals surface area contributed by atoms with E-state index in [4.69, 9.17) is 13.8 Å². The van der Waals surface area contributed by atoms with E-state index < -0.39 is 17.9 Å². The van der Waals surface area contributed by atoms with Crippen molar-refractivity contribution in [2.24, 2.45) is 0 Å². The van der Waals surface area contributed by atoms with Crippen LogP contribution in [0.4, 0.5) is 0 Å². The third-order valence-electron chi connectivity index (χ3n) is 1.83. The smallest absolute Gasteiger partial charge is 0.395 e. The molecule has 0 amide bonds. The summed E-state index contributed by atoms with van der Waals surface area (Å²) in [7, 11) is -1.08. The largest absolute Gasteiger partial charge is 0.417 e. The van der Waals surface area contributed by atoms with Gasteiger partial charge in [0.05, 0.1) is 0 Å². The molecule has 0 rings (SSSR count). The van der Waals surface area contributed by atoms with Crippen molar-refractivity contribution in [1.29, 1.82) is 0 Å². The van der Waals surface area contributed by atoms with Crippen LogP contribution < -0.4 is 0 Å². The second kappa shape index (κ2) is 6.14. The van der Waals surface area contributed by atoms with Crippen molar-refractivity contribution in [1.82, 2.24) is 0 Å². The lowest BCUT2D eigenvalue weighted by Gasteiger charge is -2.21. The van der Waals surface area contributed by atoms with Gasteiger partial charge in [-0.25, -0.2) is 0 Å². The van der Waals surface area contributed by atoms with Crippen LogP contribution in [0, 0.1) is 0 Å². The molecule has 0 aromatic rings. The molecule has 0 radical (unpaired) electrons. The van der Waals surface area contributed by atoms with Crippen molar-refractivity contribution in [3.05, 3.63) is 11.1 Å². The molecule has 0 N–H and O–H groups in total. The van der Waals surface area contributed by atoms with Crippen LogP contribution in [0.1, 0.15) is 27.7 Å². The topological polar surface area (TPSA) is 61.8 Å². The summed E-state index contributed by atoms with van der Waals surface area (Å²) in [5.74, 6) is -0.567. The van der Waals surface area contributed by atoms with E-state index in [0.29, 0.717) is 5.57 Å². The highest BCUT2D eigenvalue weighted by Gasteiger charge is 2.36. The van der Waals surface area contributed by atoms with E-state index in [1.54, 1.807) is 27.7 Å². The first-order valence-electron chi connectivity index (χ1n) is 4.89. The highest BCUT2D eigenvalue weighted by Crippen LogP contribution is 2.56. The molecule has 0 fully saturated rings. The van der Waals surface area contributed by atoms with Crippen LogP contribution in [0.15, 0.2) is 11.1 Å². The third kappa shape index (κ3) is 4.54. The first kappa shape index (κ1) is 16.8. The van der Waals surface area contributed by atoms with Gasteiger partial charge in [0.2, 0.25) is 5.50 Å². The number of alkyl halides is 1. The predicted molar refractivity (Wildman–Crippen MR) is 69.1 cm³/mol. The molecule has 100 valence electrons. The zero-order valence-electron chi connectivity index (χ0n) is 10.9. The number of halogens is 1. The normalized spacial score (nSPS) is 12.2. The minimum absolute atomic E-state index is 0.0694. The molecule has 5 nitrogen and oxygen atoms in total. The summed E-state index contributed by atoms with van der Waals surface area (Å²) >= 11 is 3.16. The molecular weight excluding hydrogens is 311 g/mol. The highest BCUT2D eigenvalue weighted by atomic mass is 79.9. The van der Waals surface area contributed by atoms with E-state index in [1.807, 2.05) is 0 Å². The molecule has 0 saturated heterocycles. The Labute approximate surface area is 110 Å². The fraction of sp³-hybridized carbons (Fsp3) is 0.700. The van der Waals surface area contributed by atoms with Gasteiger partial charge in [0.1, 0.15) is 4.32 Å². The maximum Gasteiger partial charge on any atom is 0.395 e. The van der Waals surface area contributed by atoms with E-state index in [2.05, 4.69) is 15.9 Å². The van der Waals surface area contributed by atoms with E-state index >= 15 is 0 Å². The van der Waals surface area contributed by atoms with Crippen LogP contribution in [0.25, 0.3) is 0 Å². The number of ether oxygens (including phenoxy) is 1. The van der Waals surface area contributed by atoms with Crippen LogP contribution in [0.3, 0.4) is 0 Å². The molecule has 17 heavy (non-hydrogen) atoms. The van der Waals surface area contributed by atoms with Crippen LogP contribution >= 0.6 is 23.5 Å². The van der Waals surface area contributed by atoms with Gasteiger partial charge in [-0.1, -0.05) is 15.9 Å². The summed E-state index contributed by atoms with van der Waals surface area (Å²) in [5.41, 5.74) is 0.488. The number of rotatable bonds is 5. The van der Waals surface area contributed by atoms with Crippen LogP contribution in [0.5, 0.6) is 0 Å². The van der Waals surface area contributed by atoms with Crippen molar-refractivity contribution in [2.45, 2.75) is 32.0 Å². The Hall–Kier alpha value is -0.160. The van der Waals surface area contributed by atoms with E-state index in [-0.39, 0.29) is 5.50 Å². The Morgan fingerprint density at radius 3 is 1.82 bits per heavy atom. The number of esters is 1. The van der Waals surface area contributed by atoms with Gasteiger partial charge in [-0.3, -0.25) is 9.36 Å². The second-order valence-corrected chi connectivity index (χ2v) is 8.14. The SMILES string of the molecule is COP(=O)(OC)C(OC(=O)C(C)(C)Br)=C(C)C. The summed E-state index contributed by atoms with van der Waals surface area (Å²) in [6.07, 6.45) is 0. The number of carbonyl (C=O) groups excluding carboxylic acids is 1. The van der Waals surface area contributed by atoms with Gasteiger partial charge in [-0.05, 0) is 33.3 Å². The van der Waals surface area contributed by atoms with Crippen molar-refractivity contribution in [2.75, 3.05) is 14.2 Å². The Morgan fingerprint density at radius 1 is 1.18 bits per heavy atom. The summed E-state index contributed by atoms with van der Waals surface area (Å²) < 4.78 is 26.0. The number of allylic oxidation sites excluding steroid dienone is 1. The van der Waals surface area contributed by atoms with Gasteiger partial charge < -0.3 is 13.8 Å². The maximum atomic E-state index is 12.2. The van der Waals surface area contributed by atoms with E-state index in [1.165, 1.54) is 14.2 Å². The number of hydrogen-bond acceptors (Lipinski definition) is 5. The summed E-state index contributed by atoms with van der Waals surface area (Å²) in [4.78, 5) is 11.7. The summed E-state index contributed by atoms with van der Waals surface area (Å²) in [6, 6.07) is 0. The molecule has 7 heteroatoms. The average molecular weight is 329 g/mol. The van der Waals surface area contributed by atoms with Crippen molar-refractivity contribution < 1.29 is 23.1 Å². The van der Waals surface area contributed by atoms with Gasteiger partial charge in [0.15, 0.2) is 0 Å². The Morgan fingerprint density at radius 2 is 1.59 bits per heavy atom. The highest BCUT2D eigenvalue weighted by molar-refractivity contribution is 9.10. The number of hydrogen-bond donors (Lipinski definition) is 0. The second-order valence-electron chi connectivity index (χ2n) is 4.03. The third-order valence-corrected chi connectivity index (χ3v) is 4.15. The molecule has 0 atom stereocenters. The lowest BCUT2D eigenvalue weighted by Crippen LogP contribution is -2.26.